The Morgan fingerprint density at radius 2 is 1.14 bits per heavy atom. The van der Waals surface area contributed by atoms with Crippen LogP contribution < -0.4 is 18.9 Å². The number of hydrogen-bond donors (Lipinski definition) is 0. The van der Waals surface area contributed by atoms with E-state index < -0.39 is 5.60 Å². The highest BCUT2D eigenvalue weighted by Gasteiger charge is 2.35. The Morgan fingerprint density at radius 1 is 0.659 bits per heavy atom. The number of nitrogens with zero attached hydrogens (tertiary/aromatic N) is 1. The van der Waals surface area contributed by atoms with Crippen LogP contribution in [0.15, 0.2) is 48.5 Å². The summed E-state index contributed by atoms with van der Waals surface area (Å²) in [5.74, 6) is 2.53. The second-order valence-corrected chi connectivity index (χ2v) is 11.5. The Hall–Kier alpha value is -2.97. The van der Waals surface area contributed by atoms with Crippen molar-refractivity contribution in [3.05, 3.63) is 48.5 Å². The zero-order valence-electron chi connectivity index (χ0n) is 27.4. The van der Waals surface area contributed by atoms with Gasteiger partial charge in [-0.25, -0.2) is 0 Å². The molecule has 1 amide bonds. The van der Waals surface area contributed by atoms with E-state index in [2.05, 4.69) is 20.8 Å². The lowest BCUT2D eigenvalue weighted by Gasteiger charge is -2.34. The van der Waals surface area contributed by atoms with E-state index in [9.17, 15) is 4.79 Å². The van der Waals surface area contributed by atoms with Gasteiger partial charge in [0.1, 0.15) is 38.6 Å². The number of unbranched alkanes of at least 4 members (excludes halogenated alkanes) is 6. The zero-order valence-corrected chi connectivity index (χ0v) is 27.4. The highest BCUT2D eigenvalue weighted by molar-refractivity contribution is 5.77. The summed E-state index contributed by atoms with van der Waals surface area (Å²) in [5.41, 5.74) is -0.874. The highest BCUT2D eigenvalue weighted by atomic mass is 16.6. The molecule has 0 atom stereocenters. The standard InChI is InChI=1S/C36H55NO7/c1-4-7-9-15-22-37(23-16-10-8-5-2)35(38)28-44-36(21-6-3)29-42-33-19-13-11-17-31(33)40-26-24-39-25-27-41-32-18-12-14-20-34(32)43-30-36/h11-14,17-20H,4-10,15-16,21-30H2,1-3H3. The van der Waals surface area contributed by atoms with Gasteiger partial charge in [-0.15, -0.1) is 0 Å². The summed E-state index contributed by atoms with van der Waals surface area (Å²) in [7, 11) is 0. The maximum atomic E-state index is 13.7. The van der Waals surface area contributed by atoms with Crippen molar-refractivity contribution in [3.8, 4) is 23.0 Å². The molecule has 0 radical (unpaired) electrons. The molecule has 0 fully saturated rings. The smallest absolute Gasteiger partial charge is 0.248 e. The Labute approximate surface area is 265 Å². The second kappa shape index (κ2) is 20.9. The van der Waals surface area contributed by atoms with Crippen LogP contribution in [0, 0.1) is 0 Å². The molecule has 0 saturated carbocycles. The van der Waals surface area contributed by atoms with Gasteiger partial charge in [0.2, 0.25) is 5.91 Å². The number of para-hydroxylation sites is 4. The Balaban J connectivity index is 1.82. The maximum Gasteiger partial charge on any atom is 0.248 e. The summed E-state index contributed by atoms with van der Waals surface area (Å²) in [6, 6.07) is 15.2. The molecule has 0 aliphatic carbocycles. The minimum absolute atomic E-state index is 0.0214. The van der Waals surface area contributed by atoms with Crippen molar-refractivity contribution in [2.24, 2.45) is 0 Å². The van der Waals surface area contributed by atoms with Crippen molar-refractivity contribution in [2.45, 2.75) is 90.6 Å². The van der Waals surface area contributed by atoms with E-state index in [0.717, 1.165) is 45.2 Å². The van der Waals surface area contributed by atoms with Crippen molar-refractivity contribution in [3.63, 3.8) is 0 Å². The van der Waals surface area contributed by atoms with Gasteiger partial charge < -0.3 is 33.3 Å². The van der Waals surface area contributed by atoms with Crippen LogP contribution in [-0.4, -0.2) is 75.7 Å². The molecule has 0 saturated heterocycles. The lowest BCUT2D eigenvalue weighted by atomic mass is 9.99. The van der Waals surface area contributed by atoms with E-state index in [0.29, 0.717) is 55.8 Å². The predicted molar refractivity (Wildman–Crippen MR) is 174 cm³/mol. The van der Waals surface area contributed by atoms with Crippen LogP contribution in [-0.2, 0) is 14.3 Å². The Morgan fingerprint density at radius 3 is 1.59 bits per heavy atom. The van der Waals surface area contributed by atoms with Gasteiger partial charge >= 0.3 is 0 Å². The first-order valence-corrected chi connectivity index (χ1v) is 16.8. The number of carbonyl (C=O) groups excluding carboxylic acids is 1. The van der Waals surface area contributed by atoms with Gasteiger partial charge in [0.25, 0.3) is 0 Å². The van der Waals surface area contributed by atoms with Crippen molar-refractivity contribution in [2.75, 3.05) is 59.3 Å². The number of fused-ring (bicyclic) bond motifs is 2. The molecule has 2 aromatic rings. The summed E-state index contributed by atoms with van der Waals surface area (Å²) in [4.78, 5) is 15.7. The van der Waals surface area contributed by atoms with E-state index in [-0.39, 0.29) is 25.7 Å². The molecule has 2 aromatic carbocycles. The third-order valence-corrected chi connectivity index (χ3v) is 7.77. The molecule has 0 aromatic heterocycles. The summed E-state index contributed by atoms with van der Waals surface area (Å²) in [5, 5.41) is 0. The molecule has 1 aliphatic rings. The van der Waals surface area contributed by atoms with Crippen molar-refractivity contribution in [1.29, 1.82) is 0 Å². The Kier molecular flexibility index (Phi) is 16.9. The first-order valence-electron chi connectivity index (χ1n) is 16.8. The van der Waals surface area contributed by atoms with Crippen molar-refractivity contribution >= 4 is 5.91 Å². The van der Waals surface area contributed by atoms with Gasteiger partial charge in [-0.1, -0.05) is 90.0 Å². The zero-order chi connectivity index (χ0) is 31.3. The quantitative estimate of drug-likeness (QED) is 0.193. The summed E-state index contributed by atoms with van der Waals surface area (Å²) < 4.78 is 37.1. The molecule has 3 rings (SSSR count). The maximum absolute atomic E-state index is 13.7. The van der Waals surface area contributed by atoms with E-state index in [1.54, 1.807) is 0 Å². The minimum atomic E-state index is -0.874. The van der Waals surface area contributed by atoms with Gasteiger partial charge in [0, 0.05) is 13.1 Å². The van der Waals surface area contributed by atoms with Crippen LogP contribution >= 0.6 is 0 Å². The molecule has 0 bridgehead atoms. The molecule has 0 unspecified atom stereocenters. The number of benzene rings is 2. The largest absolute Gasteiger partial charge is 0.487 e. The van der Waals surface area contributed by atoms with Gasteiger partial charge in [0.05, 0.1) is 13.2 Å². The topological polar surface area (TPSA) is 75.7 Å². The fraction of sp³-hybridized carbons (Fsp3) is 0.639. The number of ether oxygens (including phenoxy) is 6. The average molecular weight is 614 g/mol. The number of rotatable bonds is 15. The van der Waals surface area contributed by atoms with Gasteiger partial charge in [-0.05, 0) is 43.5 Å². The molecule has 1 aliphatic heterocycles. The van der Waals surface area contributed by atoms with Crippen LogP contribution in [0.3, 0.4) is 0 Å². The fourth-order valence-corrected chi connectivity index (χ4v) is 5.24. The summed E-state index contributed by atoms with van der Waals surface area (Å²) >= 11 is 0. The first-order chi connectivity index (χ1) is 21.6. The normalized spacial score (nSPS) is 15.4. The Bertz CT molecular complexity index is 995. The van der Waals surface area contributed by atoms with Crippen LogP contribution in [0.25, 0.3) is 0 Å². The van der Waals surface area contributed by atoms with E-state index in [1.165, 1.54) is 25.7 Å². The van der Waals surface area contributed by atoms with E-state index >= 15 is 0 Å². The molecular weight excluding hydrogens is 558 g/mol. The van der Waals surface area contributed by atoms with Crippen LogP contribution in [0.2, 0.25) is 0 Å². The molecule has 246 valence electrons. The molecule has 8 heteroatoms. The molecular formula is C36H55NO7. The highest BCUT2D eigenvalue weighted by Crippen LogP contribution is 2.32. The lowest BCUT2D eigenvalue weighted by Crippen LogP contribution is -2.48. The minimum Gasteiger partial charge on any atom is -0.487 e. The lowest BCUT2D eigenvalue weighted by molar-refractivity contribution is -0.151. The molecule has 8 nitrogen and oxygen atoms in total. The van der Waals surface area contributed by atoms with Crippen molar-refractivity contribution in [1.82, 2.24) is 4.90 Å². The van der Waals surface area contributed by atoms with Gasteiger partial charge in [-0.3, -0.25) is 4.79 Å². The second-order valence-electron chi connectivity index (χ2n) is 11.5. The van der Waals surface area contributed by atoms with E-state index in [1.807, 2.05) is 53.4 Å². The summed E-state index contributed by atoms with van der Waals surface area (Å²) in [6.45, 7) is 10.0. The van der Waals surface area contributed by atoms with Gasteiger partial charge in [0.15, 0.2) is 23.0 Å². The molecule has 1 heterocycles. The van der Waals surface area contributed by atoms with Crippen LogP contribution in [0.5, 0.6) is 23.0 Å². The first kappa shape index (κ1) is 35.5. The molecule has 0 N–H and O–H groups in total. The van der Waals surface area contributed by atoms with Crippen molar-refractivity contribution < 1.29 is 33.2 Å². The van der Waals surface area contributed by atoms with Crippen LogP contribution in [0.1, 0.15) is 85.0 Å². The predicted octanol–water partition coefficient (Wildman–Crippen LogP) is 7.48. The number of hydrogen-bond acceptors (Lipinski definition) is 7. The third-order valence-electron chi connectivity index (χ3n) is 7.77. The SMILES string of the molecule is CCCCCCN(CCCCCC)C(=O)COC1(CCC)COc2ccccc2OCCOCCOc2ccccc2OC1. The molecule has 0 spiro atoms. The fourth-order valence-electron chi connectivity index (χ4n) is 5.24. The molecule has 44 heavy (non-hydrogen) atoms. The number of carbonyl (C=O) groups is 1. The van der Waals surface area contributed by atoms with E-state index in [4.69, 9.17) is 28.4 Å². The monoisotopic (exact) mass is 613 g/mol. The number of amides is 1. The third kappa shape index (κ3) is 12.6. The summed E-state index contributed by atoms with van der Waals surface area (Å²) in [6.07, 6.45) is 10.5. The average Bonchev–Trinajstić information content (AvgIpc) is 3.04. The van der Waals surface area contributed by atoms with Crippen LogP contribution in [0.4, 0.5) is 0 Å². The van der Waals surface area contributed by atoms with Gasteiger partial charge in [-0.2, -0.15) is 0 Å².